The molecule has 1 N–H and O–H groups in total. The first kappa shape index (κ1) is 13.2. The molecule has 1 atom stereocenters. The molecule has 0 saturated carbocycles. The van der Waals surface area contributed by atoms with E-state index in [1.807, 2.05) is 17.0 Å². The second kappa shape index (κ2) is 6.10. The quantitative estimate of drug-likeness (QED) is 0.857. The maximum atomic E-state index is 12.2. The SMILES string of the molecule is CCC1CCCCN1C(=O)Nc1cccc(Cl)c1. The van der Waals surface area contributed by atoms with Gasteiger partial charge in [0.05, 0.1) is 0 Å². The molecule has 1 heterocycles. The van der Waals surface area contributed by atoms with Crippen LogP contribution in [-0.4, -0.2) is 23.5 Å². The molecule has 0 spiro atoms. The number of urea groups is 1. The van der Waals surface area contributed by atoms with Crippen LogP contribution >= 0.6 is 11.6 Å². The molecule has 0 bridgehead atoms. The van der Waals surface area contributed by atoms with Crippen LogP contribution < -0.4 is 5.32 Å². The minimum Gasteiger partial charge on any atom is -0.322 e. The van der Waals surface area contributed by atoms with E-state index in [1.54, 1.807) is 12.1 Å². The summed E-state index contributed by atoms with van der Waals surface area (Å²) < 4.78 is 0. The molecule has 1 aromatic rings. The third-order valence-electron chi connectivity index (χ3n) is 3.44. The number of hydrogen-bond donors (Lipinski definition) is 1. The molecule has 2 rings (SSSR count). The standard InChI is InChI=1S/C14H19ClN2O/c1-2-13-8-3-4-9-17(13)14(18)16-12-7-5-6-11(15)10-12/h5-7,10,13H,2-4,8-9H2,1H3,(H,16,18). The van der Waals surface area contributed by atoms with Gasteiger partial charge in [0.1, 0.15) is 0 Å². The lowest BCUT2D eigenvalue weighted by molar-refractivity contribution is 0.160. The van der Waals surface area contributed by atoms with E-state index in [0.717, 1.165) is 31.5 Å². The lowest BCUT2D eigenvalue weighted by atomic mass is 10.0. The third-order valence-corrected chi connectivity index (χ3v) is 3.67. The van der Waals surface area contributed by atoms with Crippen molar-refractivity contribution in [3.63, 3.8) is 0 Å². The van der Waals surface area contributed by atoms with E-state index < -0.39 is 0 Å². The molecule has 98 valence electrons. The van der Waals surface area contributed by atoms with Gasteiger partial charge in [-0.15, -0.1) is 0 Å². The van der Waals surface area contributed by atoms with Gasteiger partial charge in [-0.2, -0.15) is 0 Å². The van der Waals surface area contributed by atoms with Crippen molar-refractivity contribution in [2.24, 2.45) is 0 Å². The number of rotatable bonds is 2. The molecule has 1 aliphatic heterocycles. The number of amides is 2. The Morgan fingerprint density at radius 3 is 3.06 bits per heavy atom. The van der Waals surface area contributed by atoms with Crippen molar-refractivity contribution in [3.8, 4) is 0 Å². The molecule has 1 aliphatic rings. The summed E-state index contributed by atoms with van der Waals surface area (Å²) in [5.41, 5.74) is 0.757. The summed E-state index contributed by atoms with van der Waals surface area (Å²) in [6, 6.07) is 7.62. The number of nitrogens with zero attached hydrogens (tertiary/aromatic N) is 1. The van der Waals surface area contributed by atoms with Gasteiger partial charge in [-0.3, -0.25) is 0 Å². The van der Waals surface area contributed by atoms with Gasteiger partial charge in [-0.1, -0.05) is 24.6 Å². The number of likely N-dealkylation sites (tertiary alicyclic amines) is 1. The average Bonchev–Trinajstić information content (AvgIpc) is 2.38. The predicted molar refractivity (Wildman–Crippen MR) is 75.1 cm³/mol. The van der Waals surface area contributed by atoms with Crippen LogP contribution in [0.25, 0.3) is 0 Å². The number of carbonyl (C=O) groups excluding carboxylic acids is 1. The number of anilines is 1. The lowest BCUT2D eigenvalue weighted by Gasteiger charge is -2.35. The van der Waals surface area contributed by atoms with Crippen molar-refractivity contribution in [1.29, 1.82) is 0 Å². The first-order valence-electron chi connectivity index (χ1n) is 6.54. The first-order chi connectivity index (χ1) is 8.70. The highest BCUT2D eigenvalue weighted by Gasteiger charge is 2.25. The number of nitrogens with one attached hydrogen (secondary N) is 1. The Balaban J connectivity index is 2.02. The van der Waals surface area contributed by atoms with E-state index >= 15 is 0 Å². The maximum Gasteiger partial charge on any atom is 0.322 e. The van der Waals surface area contributed by atoms with Crippen molar-refractivity contribution >= 4 is 23.3 Å². The zero-order valence-corrected chi connectivity index (χ0v) is 11.4. The topological polar surface area (TPSA) is 32.3 Å². The Kier molecular flexibility index (Phi) is 4.48. The fourth-order valence-electron chi connectivity index (χ4n) is 2.45. The van der Waals surface area contributed by atoms with E-state index in [4.69, 9.17) is 11.6 Å². The molecule has 0 aliphatic carbocycles. The average molecular weight is 267 g/mol. The van der Waals surface area contributed by atoms with Crippen LogP contribution in [0.4, 0.5) is 10.5 Å². The van der Waals surface area contributed by atoms with Crippen molar-refractivity contribution in [2.75, 3.05) is 11.9 Å². The third kappa shape index (κ3) is 3.16. The molecule has 0 radical (unpaired) electrons. The summed E-state index contributed by atoms with van der Waals surface area (Å²) >= 11 is 5.91. The molecule has 1 saturated heterocycles. The molecule has 4 heteroatoms. The van der Waals surface area contributed by atoms with E-state index in [0.29, 0.717) is 11.1 Å². The molecular formula is C14H19ClN2O. The van der Waals surface area contributed by atoms with Gasteiger partial charge in [0, 0.05) is 23.3 Å². The van der Waals surface area contributed by atoms with Crippen LogP contribution in [0, 0.1) is 0 Å². The van der Waals surface area contributed by atoms with Gasteiger partial charge < -0.3 is 10.2 Å². The van der Waals surface area contributed by atoms with Crippen molar-refractivity contribution in [3.05, 3.63) is 29.3 Å². The van der Waals surface area contributed by atoms with Gasteiger partial charge in [-0.05, 0) is 43.9 Å². The summed E-state index contributed by atoms with van der Waals surface area (Å²) in [4.78, 5) is 14.2. The molecule has 2 amide bonds. The van der Waals surface area contributed by atoms with Crippen molar-refractivity contribution in [1.82, 2.24) is 4.90 Å². The van der Waals surface area contributed by atoms with Gasteiger partial charge in [-0.25, -0.2) is 4.79 Å². The second-order valence-corrected chi connectivity index (χ2v) is 5.13. The normalized spacial score (nSPS) is 19.7. The second-order valence-electron chi connectivity index (χ2n) is 4.69. The Hall–Kier alpha value is -1.22. The number of halogens is 1. The minimum absolute atomic E-state index is 0.0104. The number of benzene rings is 1. The van der Waals surface area contributed by atoms with Crippen LogP contribution in [0.15, 0.2) is 24.3 Å². The van der Waals surface area contributed by atoms with Crippen molar-refractivity contribution < 1.29 is 4.79 Å². The van der Waals surface area contributed by atoms with Crippen LogP contribution in [0.5, 0.6) is 0 Å². The highest BCUT2D eigenvalue weighted by molar-refractivity contribution is 6.30. The predicted octanol–water partition coefficient (Wildman–Crippen LogP) is 4.14. The van der Waals surface area contributed by atoms with E-state index in [1.165, 1.54) is 6.42 Å². The van der Waals surface area contributed by atoms with Crippen molar-refractivity contribution in [2.45, 2.75) is 38.6 Å². The fourth-order valence-corrected chi connectivity index (χ4v) is 2.64. The molecule has 3 nitrogen and oxygen atoms in total. The first-order valence-corrected chi connectivity index (χ1v) is 6.91. The molecule has 18 heavy (non-hydrogen) atoms. The molecule has 0 aromatic heterocycles. The molecular weight excluding hydrogens is 248 g/mol. The van der Waals surface area contributed by atoms with Crippen LogP contribution in [0.1, 0.15) is 32.6 Å². The van der Waals surface area contributed by atoms with E-state index in [-0.39, 0.29) is 6.03 Å². The zero-order chi connectivity index (χ0) is 13.0. The summed E-state index contributed by atoms with van der Waals surface area (Å²) in [5, 5.41) is 3.56. The number of hydrogen-bond acceptors (Lipinski definition) is 1. The Morgan fingerprint density at radius 1 is 1.50 bits per heavy atom. The highest BCUT2D eigenvalue weighted by Crippen LogP contribution is 2.21. The molecule has 1 fully saturated rings. The monoisotopic (exact) mass is 266 g/mol. The highest BCUT2D eigenvalue weighted by atomic mass is 35.5. The Morgan fingerprint density at radius 2 is 2.33 bits per heavy atom. The maximum absolute atomic E-state index is 12.2. The van der Waals surface area contributed by atoms with Gasteiger partial charge in [0.15, 0.2) is 0 Å². The lowest BCUT2D eigenvalue weighted by Crippen LogP contribution is -2.45. The molecule has 1 unspecified atom stereocenters. The molecule has 1 aromatic carbocycles. The number of carbonyl (C=O) groups is 1. The van der Waals surface area contributed by atoms with Crippen LogP contribution in [0.3, 0.4) is 0 Å². The van der Waals surface area contributed by atoms with E-state index in [9.17, 15) is 4.79 Å². The number of piperidine rings is 1. The van der Waals surface area contributed by atoms with Crippen LogP contribution in [0.2, 0.25) is 5.02 Å². The van der Waals surface area contributed by atoms with Crippen LogP contribution in [-0.2, 0) is 0 Å². The Labute approximate surface area is 113 Å². The van der Waals surface area contributed by atoms with E-state index in [2.05, 4.69) is 12.2 Å². The minimum atomic E-state index is -0.0104. The smallest absolute Gasteiger partial charge is 0.322 e. The van der Waals surface area contributed by atoms with Gasteiger partial charge in [0.2, 0.25) is 0 Å². The fraction of sp³-hybridized carbons (Fsp3) is 0.500. The van der Waals surface area contributed by atoms with Gasteiger partial charge in [0.25, 0.3) is 0 Å². The Bertz CT molecular complexity index is 422. The van der Waals surface area contributed by atoms with Gasteiger partial charge >= 0.3 is 6.03 Å². The summed E-state index contributed by atoms with van der Waals surface area (Å²) in [6.07, 6.45) is 4.45. The summed E-state index contributed by atoms with van der Waals surface area (Å²) in [6.45, 7) is 2.99. The largest absolute Gasteiger partial charge is 0.322 e. The summed E-state index contributed by atoms with van der Waals surface area (Å²) in [5.74, 6) is 0. The summed E-state index contributed by atoms with van der Waals surface area (Å²) in [7, 11) is 0. The zero-order valence-electron chi connectivity index (χ0n) is 10.7.